The van der Waals surface area contributed by atoms with Gasteiger partial charge in [0.1, 0.15) is 0 Å². The molecule has 0 unspecified atom stereocenters. The predicted molar refractivity (Wildman–Crippen MR) is 109 cm³/mol. The van der Waals surface area contributed by atoms with E-state index in [2.05, 4.69) is 39.9 Å². The van der Waals surface area contributed by atoms with E-state index in [4.69, 9.17) is 0 Å². The topological polar surface area (TPSA) is 66.9 Å². The van der Waals surface area contributed by atoms with E-state index >= 15 is 0 Å². The Hall–Kier alpha value is -1.60. The fourth-order valence-electron chi connectivity index (χ4n) is 3.14. The normalized spacial score (nSPS) is 21.2. The summed E-state index contributed by atoms with van der Waals surface area (Å²) in [5.41, 5.74) is 1.20. The van der Waals surface area contributed by atoms with E-state index in [1.807, 2.05) is 25.1 Å². The van der Waals surface area contributed by atoms with Crippen molar-refractivity contribution in [2.45, 2.75) is 61.7 Å². The molecule has 3 atom stereocenters. The fraction of sp³-hybridized carbons (Fsp3) is 0.526. The molecular formula is C19H26N4OS2. The van der Waals surface area contributed by atoms with Crippen molar-refractivity contribution in [3.05, 3.63) is 35.9 Å². The SMILES string of the molecule is C[C@@H]1CCCC[C@@H]1NC(=O)[C@@H](C)Sc1nnc(NCc2ccccc2)s1. The monoisotopic (exact) mass is 390 g/mol. The molecule has 0 aliphatic heterocycles. The fourth-order valence-corrected chi connectivity index (χ4v) is 5.04. The lowest BCUT2D eigenvalue weighted by Crippen LogP contribution is -2.44. The van der Waals surface area contributed by atoms with Crippen LogP contribution in [0.2, 0.25) is 0 Å². The number of amides is 1. The average molecular weight is 391 g/mol. The van der Waals surface area contributed by atoms with E-state index in [0.717, 1.165) is 22.4 Å². The molecule has 1 aromatic carbocycles. The van der Waals surface area contributed by atoms with Crippen LogP contribution in [-0.4, -0.2) is 27.4 Å². The Morgan fingerprint density at radius 2 is 2.04 bits per heavy atom. The minimum Gasteiger partial charge on any atom is -0.356 e. The second kappa shape index (κ2) is 9.37. The summed E-state index contributed by atoms with van der Waals surface area (Å²) >= 11 is 2.97. The molecule has 26 heavy (non-hydrogen) atoms. The first-order chi connectivity index (χ1) is 12.6. The third kappa shape index (κ3) is 5.45. The molecule has 3 rings (SSSR count). The molecule has 2 aromatic rings. The molecule has 1 aliphatic rings. The Morgan fingerprint density at radius 1 is 1.27 bits per heavy atom. The van der Waals surface area contributed by atoms with Gasteiger partial charge in [-0.3, -0.25) is 4.79 Å². The Bertz CT molecular complexity index is 707. The van der Waals surface area contributed by atoms with Crippen molar-refractivity contribution < 1.29 is 4.79 Å². The summed E-state index contributed by atoms with van der Waals surface area (Å²) in [5.74, 6) is 0.669. The largest absolute Gasteiger partial charge is 0.356 e. The molecule has 0 radical (unpaired) electrons. The van der Waals surface area contributed by atoms with E-state index in [1.54, 1.807) is 0 Å². The molecule has 2 N–H and O–H groups in total. The van der Waals surface area contributed by atoms with Crippen molar-refractivity contribution in [3.8, 4) is 0 Å². The van der Waals surface area contributed by atoms with Crippen molar-refractivity contribution in [2.24, 2.45) is 5.92 Å². The molecule has 0 spiro atoms. The van der Waals surface area contributed by atoms with Crippen LogP contribution in [0.4, 0.5) is 5.13 Å². The van der Waals surface area contributed by atoms with Gasteiger partial charge in [-0.05, 0) is 31.2 Å². The zero-order valence-electron chi connectivity index (χ0n) is 15.3. The van der Waals surface area contributed by atoms with Crippen LogP contribution >= 0.6 is 23.1 Å². The van der Waals surface area contributed by atoms with Crippen LogP contribution in [0.25, 0.3) is 0 Å². The van der Waals surface area contributed by atoms with E-state index < -0.39 is 0 Å². The van der Waals surface area contributed by atoms with Gasteiger partial charge in [-0.2, -0.15) is 0 Å². The van der Waals surface area contributed by atoms with Crippen LogP contribution in [0.3, 0.4) is 0 Å². The van der Waals surface area contributed by atoms with Gasteiger partial charge in [0, 0.05) is 12.6 Å². The molecule has 0 bridgehead atoms. The van der Waals surface area contributed by atoms with Gasteiger partial charge in [0.25, 0.3) is 0 Å². The van der Waals surface area contributed by atoms with Gasteiger partial charge in [0.15, 0.2) is 4.34 Å². The number of nitrogens with zero attached hydrogens (tertiary/aromatic N) is 2. The number of carbonyl (C=O) groups excluding carboxylic acids is 1. The zero-order chi connectivity index (χ0) is 18.4. The maximum Gasteiger partial charge on any atom is 0.233 e. The molecule has 1 heterocycles. The molecule has 7 heteroatoms. The molecular weight excluding hydrogens is 364 g/mol. The van der Waals surface area contributed by atoms with Gasteiger partial charge < -0.3 is 10.6 Å². The van der Waals surface area contributed by atoms with Crippen LogP contribution in [0, 0.1) is 5.92 Å². The van der Waals surface area contributed by atoms with Crippen molar-refractivity contribution >= 4 is 34.1 Å². The summed E-state index contributed by atoms with van der Waals surface area (Å²) in [6.45, 7) is 4.89. The number of thioether (sulfide) groups is 1. The quantitative estimate of drug-likeness (QED) is 0.689. The number of rotatable bonds is 7. The highest BCUT2D eigenvalue weighted by atomic mass is 32.2. The van der Waals surface area contributed by atoms with Crippen molar-refractivity contribution in [3.63, 3.8) is 0 Å². The number of carbonyl (C=O) groups is 1. The second-order valence-corrected chi connectivity index (χ2v) is 9.41. The first-order valence-corrected chi connectivity index (χ1v) is 10.9. The van der Waals surface area contributed by atoms with Crippen LogP contribution in [0.15, 0.2) is 34.7 Å². The molecule has 5 nitrogen and oxygen atoms in total. The van der Waals surface area contributed by atoms with Gasteiger partial charge in [0.2, 0.25) is 11.0 Å². The first kappa shape index (κ1) is 19.2. The molecule has 1 aliphatic carbocycles. The highest BCUT2D eigenvalue weighted by molar-refractivity contribution is 8.02. The second-order valence-electron chi connectivity index (χ2n) is 6.85. The molecule has 140 valence electrons. The average Bonchev–Trinajstić information content (AvgIpc) is 3.10. The van der Waals surface area contributed by atoms with Gasteiger partial charge in [0.05, 0.1) is 5.25 Å². The van der Waals surface area contributed by atoms with E-state index in [1.165, 1.54) is 47.9 Å². The predicted octanol–water partition coefficient (Wildman–Crippen LogP) is 4.33. The van der Waals surface area contributed by atoms with Crippen LogP contribution in [0.1, 0.15) is 45.1 Å². The number of hydrogen-bond acceptors (Lipinski definition) is 6. The standard InChI is InChI=1S/C19H26N4OS2/c1-13-8-6-7-11-16(13)21-17(24)14(2)25-19-23-22-18(26-19)20-12-15-9-4-3-5-10-15/h3-5,9-10,13-14,16H,6-8,11-12H2,1-2H3,(H,20,22)(H,21,24)/t13-,14-,16+/m1/s1. The minimum atomic E-state index is -0.168. The van der Waals surface area contributed by atoms with Crippen LogP contribution < -0.4 is 10.6 Å². The maximum atomic E-state index is 12.5. The van der Waals surface area contributed by atoms with Crippen molar-refractivity contribution in [1.29, 1.82) is 0 Å². The van der Waals surface area contributed by atoms with Gasteiger partial charge >= 0.3 is 0 Å². The Kier molecular flexibility index (Phi) is 6.91. The van der Waals surface area contributed by atoms with E-state index in [-0.39, 0.29) is 11.2 Å². The molecule has 1 amide bonds. The minimum absolute atomic E-state index is 0.0998. The smallest absolute Gasteiger partial charge is 0.233 e. The number of hydrogen-bond donors (Lipinski definition) is 2. The lowest BCUT2D eigenvalue weighted by Gasteiger charge is -2.30. The van der Waals surface area contributed by atoms with Crippen LogP contribution in [-0.2, 0) is 11.3 Å². The van der Waals surface area contributed by atoms with Crippen molar-refractivity contribution in [2.75, 3.05) is 5.32 Å². The maximum absolute atomic E-state index is 12.5. The molecule has 1 aromatic heterocycles. The molecule has 1 fully saturated rings. The van der Waals surface area contributed by atoms with Crippen LogP contribution in [0.5, 0.6) is 0 Å². The third-order valence-electron chi connectivity index (χ3n) is 4.78. The highest BCUT2D eigenvalue weighted by Gasteiger charge is 2.25. The highest BCUT2D eigenvalue weighted by Crippen LogP contribution is 2.30. The molecule has 1 saturated carbocycles. The van der Waals surface area contributed by atoms with E-state index in [0.29, 0.717) is 12.0 Å². The summed E-state index contributed by atoms with van der Waals surface area (Å²) in [5, 5.41) is 15.5. The summed E-state index contributed by atoms with van der Waals surface area (Å²) < 4.78 is 0.819. The molecule has 0 saturated heterocycles. The number of benzene rings is 1. The van der Waals surface area contributed by atoms with Gasteiger partial charge in [-0.15, -0.1) is 10.2 Å². The third-order valence-corrected chi connectivity index (χ3v) is 6.84. The number of anilines is 1. The Morgan fingerprint density at radius 3 is 2.81 bits per heavy atom. The summed E-state index contributed by atoms with van der Waals surface area (Å²) in [6.07, 6.45) is 4.79. The Balaban J connectivity index is 1.47. The lowest BCUT2D eigenvalue weighted by atomic mass is 9.86. The summed E-state index contributed by atoms with van der Waals surface area (Å²) in [7, 11) is 0. The zero-order valence-corrected chi connectivity index (χ0v) is 16.9. The van der Waals surface area contributed by atoms with Gasteiger partial charge in [-0.1, -0.05) is 73.2 Å². The lowest BCUT2D eigenvalue weighted by molar-refractivity contribution is -0.121. The van der Waals surface area contributed by atoms with Gasteiger partial charge in [-0.25, -0.2) is 0 Å². The number of aromatic nitrogens is 2. The first-order valence-electron chi connectivity index (χ1n) is 9.20. The summed E-state index contributed by atoms with van der Waals surface area (Å²) in [6, 6.07) is 10.5. The number of nitrogens with one attached hydrogen (secondary N) is 2. The summed E-state index contributed by atoms with van der Waals surface area (Å²) in [4.78, 5) is 12.5. The van der Waals surface area contributed by atoms with Crippen molar-refractivity contribution in [1.82, 2.24) is 15.5 Å². The van der Waals surface area contributed by atoms with E-state index in [9.17, 15) is 4.79 Å². The Labute approximate surface area is 163 Å².